The van der Waals surface area contributed by atoms with E-state index in [-0.39, 0.29) is 30.7 Å². The van der Waals surface area contributed by atoms with E-state index in [1.165, 1.54) is 20.8 Å². The Balaban J connectivity index is 2.53. The van der Waals surface area contributed by atoms with Gasteiger partial charge in [-0.2, -0.15) is 0 Å². The summed E-state index contributed by atoms with van der Waals surface area (Å²) in [6.07, 6.45) is 2.78. The highest BCUT2D eigenvalue weighted by atomic mass is 16.7. The minimum atomic E-state index is -1.93. The van der Waals surface area contributed by atoms with Gasteiger partial charge in [0.1, 0.15) is 17.6 Å². The van der Waals surface area contributed by atoms with Crippen LogP contribution in [-0.2, 0) is 23.8 Å². The Morgan fingerprint density at radius 1 is 1.12 bits per heavy atom. The van der Waals surface area contributed by atoms with Crippen LogP contribution in [0.15, 0.2) is 5.16 Å². The number of rotatable bonds is 6. The molecule has 2 saturated heterocycles. The van der Waals surface area contributed by atoms with Crippen molar-refractivity contribution < 1.29 is 44.3 Å². The number of Topliss-reactive ketones (excluding diaryl/α,β-unsaturated/α-hetero) is 1. The molecule has 0 saturated carbocycles. The maximum atomic E-state index is 13.8. The number of aliphatic hydroxyl groups excluding tert-OH is 1. The molecule has 2 fully saturated rings. The molecule has 11 heteroatoms. The van der Waals surface area contributed by atoms with Gasteiger partial charge in [-0.15, -0.1) is 12.3 Å². The van der Waals surface area contributed by atoms with Crippen LogP contribution in [0.4, 0.5) is 0 Å². The normalized spacial score (nSPS) is 43.2. The van der Waals surface area contributed by atoms with Crippen molar-refractivity contribution in [2.24, 2.45) is 28.8 Å². The predicted molar refractivity (Wildman–Crippen MR) is 161 cm³/mol. The highest BCUT2D eigenvalue weighted by Gasteiger charge is 2.50. The van der Waals surface area contributed by atoms with Crippen LogP contribution in [0.25, 0.3) is 0 Å². The summed E-state index contributed by atoms with van der Waals surface area (Å²) in [5.41, 5.74) is -3.47. The molecular formula is C32H54N2O9. The molecular weight excluding hydrogens is 556 g/mol. The Bertz CT molecular complexity index is 1020. The fourth-order valence-corrected chi connectivity index (χ4v) is 6.76. The van der Waals surface area contributed by atoms with Crippen molar-refractivity contribution in [3.63, 3.8) is 0 Å². The van der Waals surface area contributed by atoms with Gasteiger partial charge in [0.25, 0.3) is 0 Å². The Labute approximate surface area is 256 Å². The molecule has 2 heterocycles. The number of carbonyl (C=O) groups excluding carboxylic acids is 2. The topological polar surface area (TPSA) is 158 Å². The zero-order valence-corrected chi connectivity index (χ0v) is 27.3. The average molecular weight is 611 g/mol. The van der Waals surface area contributed by atoms with E-state index < -0.39 is 71.2 Å². The van der Waals surface area contributed by atoms with Gasteiger partial charge in [-0.25, -0.2) is 0 Å². The fourth-order valence-electron chi connectivity index (χ4n) is 6.76. The first kappa shape index (κ1) is 37.1. The second kappa shape index (κ2) is 15.3. The number of oxime groups is 1. The van der Waals surface area contributed by atoms with Crippen LogP contribution < -0.4 is 0 Å². The molecule has 2 aliphatic heterocycles. The van der Waals surface area contributed by atoms with Crippen molar-refractivity contribution in [3.8, 4) is 12.3 Å². The first-order valence-corrected chi connectivity index (χ1v) is 15.5. The molecule has 0 spiro atoms. The minimum absolute atomic E-state index is 0.0162. The van der Waals surface area contributed by atoms with Gasteiger partial charge >= 0.3 is 5.97 Å². The molecule has 4 N–H and O–H groups in total. The number of hydrogen-bond acceptors (Lipinski definition) is 11. The molecule has 0 bridgehead atoms. The van der Waals surface area contributed by atoms with Crippen molar-refractivity contribution in [1.82, 2.24) is 4.90 Å². The van der Waals surface area contributed by atoms with Crippen molar-refractivity contribution in [2.75, 3.05) is 13.6 Å². The smallest absolute Gasteiger partial charge is 0.316 e. The number of cyclic esters (lactones) is 1. The van der Waals surface area contributed by atoms with Crippen LogP contribution in [0, 0.1) is 36.0 Å². The lowest BCUT2D eigenvalue weighted by Crippen LogP contribution is -2.57. The fraction of sp³-hybridized carbons (Fsp3) is 0.844. The third kappa shape index (κ3) is 8.77. The SMILES string of the molecule is C#CCCN(C)C1CC(C)OC(O[C@@H]2[C@@H](C)C(=O)C(C)C(=O)OC(CC)[C@@](C)(O)C(O)C(C)/C(=N/O)[C@H](C)C[C@@]2(C)O)C1. The second-order valence-electron chi connectivity index (χ2n) is 13.2. The first-order chi connectivity index (χ1) is 19.9. The van der Waals surface area contributed by atoms with Crippen LogP contribution in [-0.4, -0.2) is 104 Å². The lowest BCUT2D eigenvalue weighted by molar-refractivity contribution is -0.259. The average Bonchev–Trinajstić information content (AvgIpc) is 2.94. The van der Waals surface area contributed by atoms with E-state index >= 15 is 0 Å². The number of ether oxygens (including phenoxy) is 3. The summed E-state index contributed by atoms with van der Waals surface area (Å²) in [4.78, 5) is 29.1. The Hall–Kier alpha value is -2.07. The monoisotopic (exact) mass is 610 g/mol. The molecule has 0 aliphatic carbocycles. The molecule has 0 amide bonds. The summed E-state index contributed by atoms with van der Waals surface area (Å²) in [7, 11) is 1.99. The van der Waals surface area contributed by atoms with Gasteiger partial charge in [0.15, 0.2) is 12.1 Å². The lowest BCUT2D eigenvalue weighted by Gasteiger charge is -2.44. The maximum absolute atomic E-state index is 13.8. The third-order valence-electron chi connectivity index (χ3n) is 9.44. The number of terminal acetylenes is 1. The van der Waals surface area contributed by atoms with Crippen LogP contribution in [0.2, 0.25) is 0 Å². The number of esters is 1. The van der Waals surface area contributed by atoms with Crippen LogP contribution in [0.5, 0.6) is 0 Å². The third-order valence-corrected chi connectivity index (χ3v) is 9.44. The van der Waals surface area contributed by atoms with Crippen molar-refractivity contribution >= 4 is 17.5 Å². The van der Waals surface area contributed by atoms with Crippen LogP contribution >= 0.6 is 0 Å². The summed E-state index contributed by atoms with van der Waals surface area (Å²) >= 11 is 0. The van der Waals surface area contributed by atoms with E-state index in [4.69, 9.17) is 20.6 Å². The number of nitrogens with zero attached hydrogens (tertiary/aromatic N) is 2. The lowest BCUT2D eigenvalue weighted by atomic mass is 9.74. The summed E-state index contributed by atoms with van der Waals surface area (Å²) in [6, 6.07) is 0.0959. The molecule has 0 aromatic carbocycles. The van der Waals surface area contributed by atoms with Gasteiger partial charge in [-0.3, -0.25) is 9.59 Å². The van der Waals surface area contributed by atoms with E-state index in [0.717, 1.165) is 6.42 Å². The number of hydrogen-bond donors (Lipinski definition) is 4. The Kier molecular flexibility index (Phi) is 13.2. The summed E-state index contributed by atoms with van der Waals surface area (Å²) in [5.74, 6) is -2.40. The summed E-state index contributed by atoms with van der Waals surface area (Å²) in [5, 5.41) is 47.9. The molecule has 11 nitrogen and oxygen atoms in total. The first-order valence-electron chi connectivity index (χ1n) is 15.5. The van der Waals surface area contributed by atoms with Gasteiger partial charge in [0.05, 0.1) is 29.6 Å². The van der Waals surface area contributed by atoms with Crippen molar-refractivity contribution in [1.29, 1.82) is 0 Å². The molecule has 0 aromatic rings. The van der Waals surface area contributed by atoms with Gasteiger partial charge in [0, 0.05) is 43.2 Å². The van der Waals surface area contributed by atoms with E-state index in [9.17, 15) is 30.1 Å². The maximum Gasteiger partial charge on any atom is 0.316 e. The standard InChI is InChI=1S/C32H54N2O9/c1-11-13-14-34(10)23-15-19(4)41-25(16-23)43-29-21(6)27(35)22(7)30(37)42-24(12-2)32(9,39)28(36)20(5)26(33-40)18(3)17-31(29,8)38/h1,18-25,28-29,36,38-40H,12-17H2,2-10H3/b33-26+/t18-,19?,20?,21+,22?,23?,24?,25?,28?,29-,31-,32-/m1/s1. The molecule has 0 radical (unpaired) electrons. The van der Waals surface area contributed by atoms with E-state index in [1.807, 2.05) is 14.0 Å². The largest absolute Gasteiger partial charge is 0.459 e. The molecule has 43 heavy (non-hydrogen) atoms. The minimum Gasteiger partial charge on any atom is -0.459 e. The summed E-state index contributed by atoms with van der Waals surface area (Å²) < 4.78 is 18.2. The second-order valence-corrected chi connectivity index (χ2v) is 13.2. The number of carbonyl (C=O) groups is 2. The predicted octanol–water partition coefficient (Wildman–Crippen LogP) is 2.75. The highest BCUT2D eigenvalue weighted by Crippen LogP contribution is 2.37. The van der Waals surface area contributed by atoms with Gasteiger partial charge in [0.2, 0.25) is 0 Å². The van der Waals surface area contributed by atoms with E-state index in [2.05, 4.69) is 16.0 Å². The van der Waals surface area contributed by atoms with E-state index in [1.54, 1.807) is 27.7 Å². The van der Waals surface area contributed by atoms with Crippen molar-refractivity contribution in [3.05, 3.63) is 0 Å². The van der Waals surface area contributed by atoms with Crippen LogP contribution in [0.1, 0.15) is 87.5 Å². The number of ketones is 1. The van der Waals surface area contributed by atoms with E-state index in [0.29, 0.717) is 19.4 Å². The zero-order valence-electron chi connectivity index (χ0n) is 27.3. The Morgan fingerprint density at radius 2 is 1.74 bits per heavy atom. The molecule has 2 rings (SSSR count). The zero-order chi connectivity index (χ0) is 32.9. The van der Waals surface area contributed by atoms with Crippen molar-refractivity contribution in [2.45, 2.75) is 135 Å². The van der Waals surface area contributed by atoms with Gasteiger partial charge in [-0.1, -0.05) is 32.9 Å². The summed E-state index contributed by atoms with van der Waals surface area (Å²) in [6.45, 7) is 13.6. The molecule has 7 unspecified atom stereocenters. The number of aliphatic hydroxyl groups is 3. The highest BCUT2D eigenvalue weighted by molar-refractivity contribution is 6.00. The Morgan fingerprint density at radius 3 is 2.30 bits per heavy atom. The van der Waals surface area contributed by atoms with Gasteiger partial charge in [-0.05, 0) is 54.0 Å². The van der Waals surface area contributed by atoms with Crippen LogP contribution in [0.3, 0.4) is 0 Å². The van der Waals surface area contributed by atoms with Gasteiger partial charge < -0.3 is 39.6 Å². The molecule has 2 aliphatic rings. The molecule has 12 atom stereocenters. The molecule has 0 aromatic heterocycles. The quantitative estimate of drug-likeness (QED) is 0.116. The molecule has 246 valence electrons.